The summed E-state index contributed by atoms with van der Waals surface area (Å²) in [5, 5.41) is 9.46. The molecule has 6 heteroatoms. The number of carbonyl (C=O) groups is 1. The number of anilines is 1. The first kappa shape index (κ1) is 18.3. The molecule has 1 aliphatic heterocycles. The van der Waals surface area contributed by atoms with Crippen molar-refractivity contribution in [2.45, 2.75) is 19.3 Å². The van der Waals surface area contributed by atoms with Gasteiger partial charge >= 0.3 is 0 Å². The summed E-state index contributed by atoms with van der Waals surface area (Å²) >= 11 is 0. The molecule has 28 heavy (non-hydrogen) atoms. The molecule has 1 saturated heterocycles. The minimum atomic E-state index is -0.312. The van der Waals surface area contributed by atoms with Crippen LogP contribution in [0.15, 0.2) is 46.4 Å². The molecule has 2 atom stereocenters. The summed E-state index contributed by atoms with van der Waals surface area (Å²) < 4.78 is 19.7. The first-order valence-corrected chi connectivity index (χ1v) is 9.57. The van der Waals surface area contributed by atoms with Crippen molar-refractivity contribution in [2.75, 3.05) is 31.1 Å². The van der Waals surface area contributed by atoms with Crippen LogP contribution < -0.4 is 4.90 Å². The molecule has 1 saturated carbocycles. The lowest BCUT2D eigenvalue weighted by molar-refractivity contribution is -0.126. The summed E-state index contributed by atoms with van der Waals surface area (Å²) in [7, 11) is 0. The van der Waals surface area contributed by atoms with Crippen molar-refractivity contribution in [1.82, 2.24) is 4.90 Å². The zero-order valence-electron chi connectivity index (χ0n) is 15.8. The van der Waals surface area contributed by atoms with Gasteiger partial charge in [-0.15, -0.1) is 0 Å². The highest BCUT2D eigenvalue weighted by molar-refractivity contribution is 6.01. The van der Waals surface area contributed by atoms with E-state index in [1.165, 1.54) is 12.1 Å². The summed E-state index contributed by atoms with van der Waals surface area (Å²) in [4.78, 5) is 16.3. The molecule has 0 N–H and O–H groups in total. The van der Waals surface area contributed by atoms with Gasteiger partial charge in [-0.3, -0.25) is 4.79 Å². The Balaban J connectivity index is 1.41. The van der Waals surface area contributed by atoms with Crippen molar-refractivity contribution in [3.63, 3.8) is 0 Å². The number of rotatable bonds is 4. The van der Waals surface area contributed by atoms with Crippen LogP contribution in [-0.4, -0.2) is 37.0 Å². The van der Waals surface area contributed by atoms with Crippen molar-refractivity contribution >= 4 is 17.7 Å². The first-order chi connectivity index (χ1) is 13.6. The van der Waals surface area contributed by atoms with Gasteiger partial charge in [-0.1, -0.05) is 19.1 Å². The zero-order valence-corrected chi connectivity index (χ0v) is 15.8. The fraction of sp³-hybridized carbons (Fsp3) is 0.364. The van der Waals surface area contributed by atoms with Gasteiger partial charge in [-0.2, -0.15) is 5.26 Å². The Morgan fingerprint density at radius 1 is 1.21 bits per heavy atom. The van der Waals surface area contributed by atoms with Crippen LogP contribution >= 0.6 is 0 Å². The average Bonchev–Trinajstić information content (AvgIpc) is 3.26. The maximum Gasteiger partial charge on any atom is 0.264 e. The second kappa shape index (κ2) is 7.51. The van der Waals surface area contributed by atoms with E-state index in [2.05, 4.69) is 6.92 Å². The van der Waals surface area contributed by atoms with Crippen LogP contribution in [0.4, 0.5) is 10.1 Å². The molecule has 144 valence electrons. The minimum Gasteiger partial charge on any atom is -0.461 e. The SMILES string of the molecule is C[C@@H]1C[C@@H]1c1ccc(/C=C(\C#N)C(=O)N2CCN(c3ccccc3F)CC2)o1. The number of furan rings is 1. The van der Waals surface area contributed by atoms with Gasteiger partial charge in [0.05, 0.1) is 5.69 Å². The Kier molecular flexibility index (Phi) is 4.91. The van der Waals surface area contributed by atoms with Gasteiger partial charge < -0.3 is 14.2 Å². The molecule has 1 aromatic heterocycles. The fourth-order valence-electron chi connectivity index (χ4n) is 3.68. The molecule has 0 radical (unpaired) electrons. The quantitative estimate of drug-likeness (QED) is 0.599. The van der Waals surface area contributed by atoms with Gasteiger partial charge in [0.2, 0.25) is 0 Å². The molecule has 0 bridgehead atoms. The highest BCUT2D eigenvalue weighted by Crippen LogP contribution is 2.47. The van der Waals surface area contributed by atoms with E-state index in [4.69, 9.17) is 4.42 Å². The van der Waals surface area contributed by atoms with Crippen LogP contribution in [0.25, 0.3) is 6.08 Å². The number of nitrogens with zero attached hydrogens (tertiary/aromatic N) is 3. The van der Waals surface area contributed by atoms with Gasteiger partial charge in [0.25, 0.3) is 5.91 Å². The highest BCUT2D eigenvalue weighted by Gasteiger charge is 2.36. The molecule has 0 unspecified atom stereocenters. The van der Waals surface area contributed by atoms with Crippen LogP contribution in [0.1, 0.15) is 30.8 Å². The van der Waals surface area contributed by atoms with Crippen LogP contribution in [0.2, 0.25) is 0 Å². The first-order valence-electron chi connectivity index (χ1n) is 9.57. The van der Waals surface area contributed by atoms with Gasteiger partial charge in [-0.25, -0.2) is 4.39 Å². The summed E-state index contributed by atoms with van der Waals surface area (Å²) in [5.74, 6) is 1.96. The summed E-state index contributed by atoms with van der Waals surface area (Å²) in [6.07, 6.45) is 2.63. The molecule has 2 heterocycles. The predicted octanol–water partition coefficient (Wildman–Crippen LogP) is 3.80. The van der Waals surface area contributed by atoms with E-state index < -0.39 is 0 Å². The van der Waals surface area contributed by atoms with Crippen LogP contribution in [-0.2, 0) is 4.79 Å². The van der Waals surface area contributed by atoms with Gasteiger partial charge in [-0.05, 0) is 36.6 Å². The number of benzene rings is 1. The van der Waals surface area contributed by atoms with Crippen molar-refractivity contribution < 1.29 is 13.6 Å². The predicted molar refractivity (Wildman–Crippen MR) is 104 cm³/mol. The Morgan fingerprint density at radius 2 is 1.93 bits per heavy atom. The minimum absolute atomic E-state index is 0.0593. The molecule has 0 spiro atoms. The largest absolute Gasteiger partial charge is 0.461 e. The molecule has 5 nitrogen and oxygen atoms in total. The van der Waals surface area contributed by atoms with Gasteiger partial charge in [0.15, 0.2) is 0 Å². The smallest absolute Gasteiger partial charge is 0.264 e. The zero-order chi connectivity index (χ0) is 19.7. The lowest BCUT2D eigenvalue weighted by Gasteiger charge is -2.36. The highest BCUT2D eigenvalue weighted by atomic mass is 19.1. The van der Waals surface area contributed by atoms with Crippen molar-refractivity contribution in [3.05, 3.63) is 59.3 Å². The number of carbonyl (C=O) groups excluding carboxylic acids is 1. The number of amides is 1. The number of para-hydroxylation sites is 1. The second-order valence-corrected chi connectivity index (χ2v) is 7.46. The van der Waals surface area contributed by atoms with E-state index in [1.54, 1.807) is 29.2 Å². The van der Waals surface area contributed by atoms with E-state index in [-0.39, 0.29) is 17.3 Å². The maximum absolute atomic E-state index is 14.0. The summed E-state index contributed by atoms with van der Waals surface area (Å²) in [6.45, 7) is 4.10. The monoisotopic (exact) mass is 379 g/mol. The molecule has 2 fully saturated rings. The lowest BCUT2D eigenvalue weighted by Crippen LogP contribution is -2.49. The Morgan fingerprint density at radius 3 is 2.57 bits per heavy atom. The summed E-state index contributed by atoms with van der Waals surface area (Å²) in [6, 6.07) is 12.4. The van der Waals surface area contributed by atoms with E-state index in [0.717, 1.165) is 12.2 Å². The third-order valence-electron chi connectivity index (χ3n) is 5.52. The Bertz CT molecular complexity index is 951. The molecule has 4 rings (SSSR count). The summed E-state index contributed by atoms with van der Waals surface area (Å²) in [5.41, 5.74) is 0.604. The van der Waals surface area contributed by atoms with Gasteiger partial charge in [0, 0.05) is 38.2 Å². The number of nitriles is 1. The van der Waals surface area contributed by atoms with Crippen molar-refractivity contribution in [1.29, 1.82) is 5.26 Å². The number of halogens is 1. The van der Waals surface area contributed by atoms with Crippen LogP contribution in [0.3, 0.4) is 0 Å². The molecule has 2 aromatic rings. The lowest BCUT2D eigenvalue weighted by atomic mass is 10.2. The van der Waals surface area contributed by atoms with Gasteiger partial charge in [0.1, 0.15) is 29.0 Å². The van der Waals surface area contributed by atoms with E-state index >= 15 is 0 Å². The third-order valence-corrected chi connectivity index (χ3v) is 5.52. The average molecular weight is 379 g/mol. The maximum atomic E-state index is 14.0. The topological polar surface area (TPSA) is 60.5 Å². The van der Waals surface area contributed by atoms with Crippen molar-refractivity contribution in [3.8, 4) is 6.07 Å². The molecule has 2 aliphatic rings. The molecule has 1 aromatic carbocycles. The standard InChI is InChI=1S/C22H22FN3O2/c1-15-12-18(15)21-7-6-17(28-21)13-16(14-24)22(27)26-10-8-25(9-11-26)20-5-3-2-4-19(20)23/h2-7,13,15,18H,8-12H2,1H3/b16-13+/t15-,18+/m1/s1. The molecule has 1 amide bonds. The molecular weight excluding hydrogens is 357 g/mol. The number of piperazine rings is 1. The van der Waals surface area contributed by atoms with Crippen LogP contribution in [0, 0.1) is 23.1 Å². The van der Waals surface area contributed by atoms with E-state index in [1.807, 2.05) is 17.0 Å². The number of hydrogen-bond donors (Lipinski definition) is 0. The second-order valence-electron chi connectivity index (χ2n) is 7.46. The molecular formula is C22H22FN3O2. The van der Waals surface area contributed by atoms with E-state index in [0.29, 0.717) is 49.5 Å². The van der Waals surface area contributed by atoms with E-state index in [9.17, 15) is 14.4 Å². The van der Waals surface area contributed by atoms with Crippen LogP contribution in [0.5, 0.6) is 0 Å². The normalized spacial score (nSPS) is 22.1. The number of hydrogen-bond acceptors (Lipinski definition) is 4. The Labute approximate surface area is 163 Å². The Hall–Kier alpha value is -3.07. The molecule has 1 aliphatic carbocycles. The fourth-order valence-corrected chi connectivity index (χ4v) is 3.68. The van der Waals surface area contributed by atoms with Crippen molar-refractivity contribution in [2.24, 2.45) is 5.92 Å². The third kappa shape index (κ3) is 3.65.